The second-order valence-corrected chi connectivity index (χ2v) is 5.39. The predicted octanol–water partition coefficient (Wildman–Crippen LogP) is 0.617. The maximum atomic E-state index is 11.9. The van der Waals surface area contributed by atoms with E-state index in [0.717, 1.165) is 16.4 Å². The molecule has 1 aromatic rings. The molecule has 1 aliphatic rings. The summed E-state index contributed by atoms with van der Waals surface area (Å²) in [5, 5.41) is 7.01. The number of nitrogens with one attached hydrogen (secondary N) is 2. The van der Waals surface area contributed by atoms with Crippen molar-refractivity contribution in [3.8, 4) is 0 Å². The van der Waals surface area contributed by atoms with Crippen LogP contribution in [0.25, 0.3) is 0 Å². The van der Waals surface area contributed by atoms with E-state index in [4.69, 9.17) is 4.74 Å². The molecule has 0 aromatic carbocycles. The average Bonchev–Trinajstić information content (AvgIpc) is 2.77. The van der Waals surface area contributed by atoms with Gasteiger partial charge in [0.15, 0.2) is 0 Å². The lowest BCUT2D eigenvalue weighted by molar-refractivity contribution is -0.126. The van der Waals surface area contributed by atoms with Crippen molar-refractivity contribution in [2.45, 2.75) is 25.9 Å². The van der Waals surface area contributed by atoms with E-state index in [1.165, 1.54) is 0 Å². The largest absolute Gasteiger partial charge is 0.378 e. The fourth-order valence-electron chi connectivity index (χ4n) is 1.68. The summed E-state index contributed by atoms with van der Waals surface area (Å²) in [6.45, 7) is 5.79. The highest BCUT2D eigenvalue weighted by Crippen LogP contribution is 2.18. The topological polar surface area (TPSA) is 63.2 Å². The third-order valence-electron chi connectivity index (χ3n) is 2.61. The van der Waals surface area contributed by atoms with Crippen molar-refractivity contribution in [3.05, 3.63) is 16.1 Å². The molecule has 2 heterocycles. The van der Waals surface area contributed by atoms with Crippen LogP contribution in [0.2, 0.25) is 0 Å². The first kappa shape index (κ1) is 12.5. The second-order valence-electron chi connectivity index (χ2n) is 4.12. The highest BCUT2D eigenvalue weighted by molar-refractivity contribution is 7.11. The first-order valence-corrected chi connectivity index (χ1v) is 6.52. The van der Waals surface area contributed by atoms with Gasteiger partial charge in [-0.15, -0.1) is 11.3 Å². The Hall–Kier alpha value is -0.980. The standard InChI is InChI=1S/C11H17N3O2S/c1-7-5-13-11(17-7)8(2)14-10(15)9-6-16-4-3-12-9/h5,8-9,12H,3-4,6H2,1-2H3,(H,14,15). The number of carbonyl (C=O) groups is 1. The lowest BCUT2D eigenvalue weighted by Crippen LogP contribution is -2.51. The van der Waals surface area contributed by atoms with Crippen molar-refractivity contribution in [2.75, 3.05) is 19.8 Å². The van der Waals surface area contributed by atoms with Crippen molar-refractivity contribution in [2.24, 2.45) is 0 Å². The van der Waals surface area contributed by atoms with E-state index in [-0.39, 0.29) is 18.0 Å². The Balaban J connectivity index is 1.89. The quantitative estimate of drug-likeness (QED) is 0.831. The van der Waals surface area contributed by atoms with Gasteiger partial charge < -0.3 is 15.4 Å². The minimum atomic E-state index is -0.243. The third kappa shape index (κ3) is 3.24. The Bertz CT molecular complexity index is 388. The molecule has 2 rings (SSSR count). The van der Waals surface area contributed by atoms with Crippen LogP contribution in [0.15, 0.2) is 6.20 Å². The van der Waals surface area contributed by atoms with E-state index >= 15 is 0 Å². The highest BCUT2D eigenvalue weighted by Gasteiger charge is 2.23. The molecule has 0 radical (unpaired) electrons. The molecule has 0 saturated carbocycles. The number of carbonyl (C=O) groups excluding carboxylic acids is 1. The molecule has 6 heteroatoms. The monoisotopic (exact) mass is 255 g/mol. The van der Waals surface area contributed by atoms with Crippen LogP contribution in [-0.2, 0) is 9.53 Å². The van der Waals surface area contributed by atoms with Crippen LogP contribution in [0, 0.1) is 6.92 Å². The van der Waals surface area contributed by atoms with Crippen molar-refractivity contribution in [1.82, 2.24) is 15.6 Å². The highest BCUT2D eigenvalue weighted by atomic mass is 32.1. The Labute approximate surface area is 105 Å². The van der Waals surface area contributed by atoms with Gasteiger partial charge in [0.2, 0.25) is 5.91 Å². The molecule has 0 spiro atoms. The van der Waals surface area contributed by atoms with Gasteiger partial charge in [-0.1, -0.05) is 0 Å². The molecule has 1 fully saturated rings. The summed E-state index contributed by atoms with van der Waals surface area (Å²) in [5.74, 6) is -0.0231. The van der Waals surface area contributed by atoms with Gasteiger partial charge in [0.25, 0.3) is 0 Å². The molecule has 1 aromatic heterocycles. The summed E-state index contributed by atoms with van der Waals surface area (Å²) in [4.78, 5) is 17.3. The molecule has 94 valence electrons. The van der Waals surface area contributed by atoms with Crippen LogP contribution in [-0.4, -0.2) is 36.7 Å². The number of hydrogen-bond donors (Lipinski definition) is 2. The molecule has 5 nitrogen and oxygen atoms in total. The molecule has 1 amide bonds. The van der Waals surface area contributed by atoms with Crippen molar-refractivity contribution in [3.63, 3.8) is 0 Å². The van der Waals surface area contributed by atoms with E-state index < -0.39 is 0 Å². The SMILES string of the molecule is Cc1cnc(C(C)NC(=O)C2COCCN2)s1. The van der Waals surface area contributed by atoms with Crippen molar-refractivity contribution < 1.29 is 9.53 Å². The summed E-state index contributed by atoms with van der Waals surface area (Å²) < 4.78 is 5.26. The van der Waals surface area contributed by atoms with E-state index in [1.54, 1.807) is 11.3 Å². The molecule has 2 unspecified atom stereocenters. The molecule has 1 saturated heterocycles. The summed E-state index contributed by atoms with van der Waals surface area (Å²) in [6.07, 6.45) is 1.82. The predicted molar refractivity (Wildman–Crippen MR) is 66.0 cm³/mol. The number of thiazole rings is 1. The summed E-state index contributed by atoms with van der Waals surface area (Å²) >= 11 is 1.61. The summed E-state index contributed by atoms with van der Waals surface area (Å²) in [5.41, 5.74) is 0. The van der Waals surface area contributed by atoms with E-state index in [2.05, 4.69) is 15.6 Å². The number of hydrogen-bond acceptors (Lipinski definition) is 5. The minimum absolute atomic E-state index is 0.0231. The van der Waals surface area contributed by atoms with E-state index in [9.17, 15) is 4.79 Å². The van der Waals surface area contributed by atoms with Gasteiger partial charge in [0, 0.05) is 17.6 Å². The number of nitrogens with zero attached hydrogens (tertiary/aromatic N) is 1. The zero-order chi connectivity index (χ0) is 12.3. The smallest absolute Gasteiger partial charge is 0.240 e. The van der Waals surface area contributed by atoms with Crippen LogP contribution in [0.1, 0.15) is 22.9 Å². The molecule has 1 aliphatic heterocycles. The van der Waals surface area contributed by atoms with Gasteiger partial charge >= 0.3 is 0 Å². The van der Waals surface area contributed by atoms with Crippen LogP contribution in [0.3, 0.4) is 0 Å². The van der Waals surface area contributed by atoms with Crippen LogP contribution in [0.5, 0.6) is 0 Å². The Kier molecular flexibility index (Phi) is 4.09. The average molecular weight is 255 g/mol. The molecule has 0 aliphatic carbocycles. The Morgan fingerprint density at radius 2 is 2.59 bits per heavy atom. The lowest BCUT2D eigenvalue weighted by Gasteiger charge is -2.24. The fourth-order valence-corrected chi connectivity index (χ4v) is 2.46. The molecule has 2 atom stereocenters. The number of rotatable bonds is 3. The summed E-state index contributed by atoms with van der Waals surface area (Å²) in [6, 6.07) is -0.294. The van der Waals surface area contributed by atoms with Crippen LogP contribution in [0.4, 0.5) is 0 Å². The van der Waals surface area contributed by atoms with E-state index in [0.29, 0.717) is 13.2 Å². The van der Waals surface area contributed by atoms with Crippen molar-refractivity contribution >= 4 is 17.2 Å². The van der Waals surface area contributed by atoms with Crippen LogP contribution >= 0.6 is 11.3 Å². The molecule has 17 heavy (non-hydrogen) atoms. The normalized spacial score (nSPS) is 22.1. The molecule has 2 N–H and O–H groups in total. The first-order valence-electron chi connectivity index (χ1n) is 5.70. The number of aryl methyl sites for hydroxylation is 1. The fraction of sp³-hybridized carbons (Fsp3) is 0.636. The molecule has 0 bridgehead atoms. The number of amides is 1. The van der Waals surface area contributed by atoms with E-state index in [1.807, 2.05) is 20.0 Å². The van der Waals surface area contributed by atoms with Gasteiger partial charge in [-0.05, 0) is 13.8 Å². The number of aromatic nitrogens is 1. The Morgan fingerprint density at radius 3 is 3.18 bits per heavy atom. The number of morpholine rings is 1. The third-order valence-corrected chi connectivity index (χ3v) is 3.70. The van der Waals surface area contributed by atoms with Gasteiger partial charge in [0.05, 0.1) is 19.3 Å². The van der Waals surface area contributed by atoms with Gasteiger partial charge in [-0.2, -0.15) is 0 Å². The lowest BCUT2D eigenvalue weighted by atomic mass is 10.2. The Morgan fingerprint density at radius 1 is 1.76 bits per heavy atom. The number of ether oxygens (including phenoxy) is 1. The summed E-state index contributed by atoms with van der Waals surface area (Å²) in [7, 11) is 0. The van der Waals surface area contributed by atoms with Gasteiger partial charge in [-0.3, -0.25) is 4.79 Å². The second kappa shape index (κ2) is 5.57. The first-order chi connectivity index (χ1) is 8.16. The molecular formula is C11H17N3O2S. The zero-order valence-electron chi connectivity index (χ0n) is 10.0. The molecular weight excluding hydrogens is 238 g/mol. The maximum absolute atomic E-state index is 11.9. The van der Waals surface area contributed by atoms with Crippen LogP contribution < -0.4 is 10.6 Å². The maximum Gasteiger partial charge on any atom is 0.240 e. The van der Waals surface area contributed by atoms with Gasteiger partial charge in [-0.25, -0.2) is 4.98 Å². The van der Waals surface area contributed by atoms with Gasteiger partial charge in [0.1, 0.15) is 11.0 Å². The minimum Gasteiger partial charge on any atom is -0.378 e. The zero-order valence-corrected chi connectivity index (χ0v) is 10.8. The van der Waals surface area contributed by atoms with Crippen molar-refractivity contribution in [1.29, 1.82) is 0 Å².